The SMILES string of the molecule is COc1ccccc1CCOc1cc(Cl)ccc1CCS(=O)Nc1ccccc1S(=O)(=O)NC(C)(C)C. The number of nitrogens with one attached hydrogen (secondary N) is 2. The number of methoxy groups -OCH3 is 1. The van der Waals surface area contributed by atoms with Crippen molar-refractivity contribution in [3.8, 4) is 11.5 Å². The van der Waals surface area contributed by atoms with Crippen LogP contribution in [0.25, 0.3) is 0 Å². The van der Waals surface area contributed by atoms with E-state index in [2.05, 4.69) is 9.44 Å². The highest BCUT2D eigenvalue weighted by Gasteiger charge is 2.25. The van der Waals surface area contributed by atoms with E-state index >= 15 is 0 Å². The highest BCUT2D eigenvalue weighted by molar-refractivity contribution is 7.90. The van der Waals surface area contributed by atoms with Crippen LogP contribution in [0.2, 0.25) is 5.02 Å². The van der Waals surface area contributed by atoms with E-state index in [4.69, 9.17) is 21.1 Å². The van der Waals surface area contributed by atoms with Crippen LogP contribution >= 0.6 is 11.6 Å². The minimum atomic E-state index is -3.80. The maximum atomic E-state index is 12.9. The number of rotatable bonds is 12. The number of hydrogen-bond donors (Lipinski definition) is 2. The van der Waals surface area contributed by atoms with Crippen molar-refractivity contribution in [3.63, 3.8) is 0 Å². The molecule has 0 aliphatic rings. The van der Waals surface area contributed by atoms with Gasteiger partial charge in [0.1, 0.15) is 27.4 Å². The molecule has 0 aliphatic heterocycles. The first-order chi connectivity index (χ1) is 17.5. The second-order valence-corrected chi connectivity index (χ2v) is 12.8. The van der Waals surface area contributed by atoms with Gasteiger partial charge in [0.25, 0.3) is 0 Å². The molecule has 0 aromatic heterocycles. The summed E-state index contributed by atoms with van der Waals surface area (Å²) >= 11 is 6.20. The predicted octanol–water partition coefficient (Wildman–Crippen LogP) is 5.37. The Labute approximate surface area is 227 Å². The van der Waals surface area contributed by atoms with Gasteiger partial charge in [-0.2, -0.15) is 0 Å². The van der Waals surface area contributed by atoms with Gasteiger partial charge in [0.15, 0.2) is 0 Å². The molecule has 3 rings (SSSR count). The third-order valence-electron chi connectivity index (χ3n) is 5.25. The van der Waals surface area contributed by atoms with E-state index in [1.54, 1.807) is 58.2 Å². The van der Waals surface area contributed by atoms with E-state index in [1.807, 2.05) is 30.3 Å². The third kappa shape index (κ3) is 8.74. The molecule has 0 aliphatic carbocycles. The van der Waals surface area contributed by atoms with Gasteiger partial charge in [0, 0.05) is 22.7 Å². The maximum Gasteiger partial charge on any atom is 0.243 e. The maximum absolute atomic E-state index is 12.9. The molecule has 7 nitrogen and oxygen atoms in total. The first-order valence-electron chi connectivity index (χ1n) is 11.8. The molecule has 0 saturated carbocycles. The largest absolute Gasteiger partial charge is 0.496 e. The molecule has 200 valence electrons. The van der Waals surface area contributed by atoms with Crippen LogP contribution in [-0.2, 0) is 33.9 Å². The van der Waals surface area contributed by atoms with Crippen molar-refractivity contribution in [1.82, 2.24) is 4.72 Å². The Kier molecular flexibility index (Phi) is 10.0. The van der Waals surface area contributed by atoms with E-state index in [0.717, 1.165) is 16.9 Å². The molecule has 0 amide bonds. The highest BCUT2D eigenvalue weighted by Crippen LogP contribution is 2.26. The summed E-state index contributed by atoms with van der Waals surface area (Å²) in [4.78, 5) is 0.0464. The minimum absolute atomic E-state index is 0.0464. The van der Waals surface area contributed by atoms with Gasteiger partial charge in [0.2, 0.25) is 10.0 Å². The van der Waals surface area contributed by atoms with Gasteiger partial charge in [-0.05, 0) is 68.7 Å². The number of ether oxygens (including phenoxy) is 2. The van der Waals surface area contributed by atoms with Crippen LogP contribution in [0.15, 0.2) is 71.6 Å². The van der Waals surface area contributed by atoms with Crippen molar-refractivity contribution in [3.05, 3.63) is 82.9 Å². The average Bonchev–Trinajstić information content (AvgIpc) is 2.82. The summed E-state index contributed by atoms with van der Waals surface area (Å²) in [5.74, 6) is 1.67. The van der Waals surface area contributed by atoms with E-state index in [1.165, 1.54) is 6.07 Å². The molecule has 0 saturated heterocycles. The summed E-state index contributed by atoms with van der Waals surface area (Å²) in [5.41, 5.74) is 1.52. The quantitative estimate of drug-likeness (QED) is 0.309. The lowest BCUT2D eigenvalue weighted by Crippen LogP contribution is -2.40. The van der Waals surface area contributed by atoms with Crippen molar-refractivity contribution in [2.45, 2.75) is 44.0 Å². The summed E-state index contributed by atoms with van der Waals surface area (Å²) in [6.45, 7) is 5.71. The van der Waals surface area contributed by atoms with Crippen LogP contribution in [0.4, 0.5) is 5.69 Å². The van der Waals surface area contributed by atoms with Crippen LogP contribution in [0.1, 0.15) is 31.9 Å². The first-order valence-corrected chi connectivity index (χ1v) is 15.0. The summed E-state index contributed by atoms with van der Waals surface area (Å²) in [7, 11) is -3.71. The van der Waals surface area contributed by atoms with Gasteiger partial charge < -0.3 is 14.2 Å². The van der Waals surface area contributed by atoms with Crippen molar-refractivity contribution >= 4 is 38.3 Å². The lowest BCUT2D eigenvalue weighted by atomic mass is 10.1. The van der Waals surface area contributed by atoms with Crippen molar-refractivity contribution in [1.29, 1.82) is 0 Å². The number of halogens is 1. The number of sulfonamides is 1. The second-order valence-electron chi connectivity index (χ2n) is 9.42. The molecule has 2 N–H and O–H groups in total. The Hall–Kier alpha value is -2.59. The highest BCUT2D eigenvalue weighted by atomic mass is 35.5. The zero-order valence-electron chi connectivity index (χ0n) is 21.4. The molecule has 37 heavy (non-hydrogen) atoms. The summed E-state index contributed by atoms with van der Waals surface area (Å²) in [6, 6.07) is 19.5. The molecule has 1 atom stereocenters. The molecule has 0 spiro atoms. The van der Waals surface area contributed by atoms with Gasteiger partial charge in [-0.3, -0.25) is 0 Å². The molecule has 10 heteroatoms. The van der Waals surface area contributed by atoms with Gasteiger partial charge in [-0.1, -0.05) is 48.0 Å². The summed E-state index contributed by atoms with van der Waals surface area (Å²) in [5, 5.41) is 0.542. The van der Waals surface area contributed by atoms with Crippen LogP contribution in [0, 0.1) is 0 Å². The Morgan fingerprint density at radius 2 is 1.59 bits per heavy atom. The van der Waals surface area contributed by atoms with Crippen molar-refractivity contribution in [2.75, 3.05) is 24.2 Å². The second kappa shape index (κ2) is 12.8. The molecule has 0 heterocycles. The molecule has 3 aromatic rings. The zero-order valence-corrected chi connectivity index (χ0v) is 23.8. The molecular formula is C27H33ClN2O5S2. The fourth-order valence-corrected chi connectivity index (χ4v) is 6.41. The first kappa shape index (κ1) is 29.0. The molecule has 0 radical (unpaired) electrons. The Balaban J connectivity index is 1.65. The van der Waals surface area contributed by atoms with Crippen molar-refractivity contribution in [2.24, 2.45) is 0 Å². The summed E-state index contributed by atoms with van der Waals surface area (Å²) in [6.07, 6.45) is 1.09. The zero-order chi connectivity index (χ0) is 27.1. The number of benzene rings is 3. The number of para-hydroxylation sites is 2. The van der Waals surface area contributed by atoms with Gasteiger partial charge >= 0.3 is 0 Å². The molecular weight excluding hydrogens is 532 g/mol. The number of aryl methyl sites for hydroxylation is 1. The monoisotopic (exact) mass is 564 g/mol. The van der Waals surface area contributed by atoms with E-state index < -0.39 is 26.5 Å². The fraction of sp³-hybridized carbons (Fsp3) is 0.333. The van der Waals surface area contributed by atoms with E-state index in [9.17, 15) is 12.6 Å². The third-order valence-corrected chi connectivity index (χ3v) is 8.32. The summed E-state index contributed by atoms with van der Waals surface area (Å²) < 4.78 is 55.5. The Morgan fingerprint density at radius 1 is 0.919 bits per heavy atom. The number of anilines is 1. The van der Waals surface area contributed by atoms with Crippen LogP contribution in [0.3, 0.4) is 0 Å². The number of hydrogen-bond acceptors (Lipinski definition) is 5. The predicted molar refractivity (Wildman–Crippen MR) is 150 cm³/mol. The average molecular weight is 565 g/mol. The van der Waals surface area contributed by atoms with Crippen LogP contribution < -0.4 is 18.9 Å². The standard InChI is InChI=1S/C27H33ClN2O5S2/c1-27(2,3)30-37(32,33)26-12-8-6-10-23(26)29-36(31)18-16-21-13-14-22(28)19-25(21)35-17-15-20-9-5-7-11-24(20)34-4/h5-14,19,29-30H,15-18H2,1-4H3. The lowest BCUT2D eigenvalue weighted by Gasteiger charge is -2.21. The normalized spacial score (nSPS) is 12.7. The Morgan fingerprint density at radius 3 is 2.32 bits per heavy atom. The Bertz CT molecular complexity index is 1340. The van der Waals surface area contributed by atoms with Gasteiger partial charge in [-0.15, -0.1) is 0 Å². The van der Waals surface area contributed by atoms with Crippen molar-refractivity contribution < 1.29 is 22.1 Å². The van der Waals surface area contributed by atoms with Gasteiger partial charge in [0.05, 0.1) is 19.4 Å². The molecule has 0 bridgehead atoms. The van der Waals surface area contributed by atoms with Gasteiger partial charge in [-0.25, -0.2) is 17.3 Å². The fourth-order valence-electron chi connectivity index (χ4n) is 3.67. The van der Waals surface area contributed by atoms with E-state index in [0.29, 0.717) is 30.2 Å². The van der Waals surface area contributed by atoms with Crippen LogP contribution in [0.5, 0.6) is 11.5 Å². The topological polar surface area (TPSA) is 93.7 Å². The molecule has 3 aromatic carbocycles. The molecule has 0 fully saturated rings. The minimum Gasteiger partial charge on any atom is -0.496 e. The van der Waals surface area contributed by atoms with E-state index in [-0.39, 0.29) is 16.3 Å². The van der Waals surface area contributed by atoms with Crippen LogP contribution in [-0.4, -0.2) is 37.6 Å². The lowest BCUT2D eigenvalue weighted by molar-refractivity contribution is 0.315. The molecule has 1 unspecified atom stereocenters. The smallest absolute Gasteiger partial charge is 0.243 e.